The molecule has 2 heterocycles. The predicted octanol–water partition coefficient (Wildman–Crippen LogP) is 5.93. The summed E-state index contributed by atoms with van der Waals surface area (Å²) in [7, 11) is 0. The number of rotatable bonds is 5. The number of nitrogens with zero attached hydrogens (tertiary/aromatic N) is 1. The van der Waals surface area contributed by atoms with Gasteiger partial charge in [0.2, 0.25) is 0 Å². The summed E-state index contributed by atoms with van der Waals surface area (Å²) >= 11 is 1.25. The van der Waals surface area contributed by atoms with Gasteiger partial charge >= 0.3 is 0 Å². The van der Waals surface area contributed by atoms with E-state index in [-0.39, 0.29) is 16.9 Å². The predicted molar refractivity (Wildman–Crippen MR) is 121 cm³/mol. The van der Waals surface area contributed by atoms with Crippen LogP contribution in [0.4, 0.5) is 10.1 Å². The molecule has 0 bridgehead atoms. The summed E-state index contributed by atoms with van der Waals surface area (Å²) in [6.07, 6.45) is 1.57. The zero-order valence-electron chi connectivity index (χ0n) is 17.5. The first-order chi connectivity index (χ1) is 14.8. The van der Waals surface area contributed by atoms with Crippen molar-refractivity contribution in [1.29, 1.82) is 0 Å². The molecule has 0 aliphatic carbocycles. The Hall–Kier alpha value is -3.12. The minimum absolute atomic E-state index is 0.0425. The second-order valence-corrected chi connectivity index (χ2v) is 9.31. The van der Waals surface area contributed by atoms with E-state index in [1.807, 2.05) is 18.2 Å². The van der Waals surface area contributed by atoms with Gasteiger partial charge in [0.15, 0.2) is 0 Å². The molecular weight excluding hydrogens is 413 g/mol. The normalized spacial score (nSPS) is 14.6. The lowest BCUT2D eigenvalue weighted by Crippen LogP contribution is -2.31. The molecule has 31 heavy (non-hydrogen) atoms. The third-order valence-electron chi connectivity index (χ3n) is 5.10. The number of imide groups is 1. The molecule has 1 aliphatic rings. The lowest BCUT2D eigenvalue weighted by Gasteiger charge is -2.21. The first-order valence-electron chi connectivity index (χ1n) is 9.90. The number of hydrogen-bond donors (Lipinski definition) is 0. The quantitative estimate of drug-likeness (QED) is 0.466. The number of carbonyl (C=O) groups is 2. The van der Waals surface area contributed by atoms with Crippen molar-refractivity contribution in [3.8, 4) is 0 Å². The fraction of sp³-hybridized carbons (Fsp3) is 0.200. The highest BCUT2D eigenvalue weighted by molar-refractivity contribution is 8.03. The molecule has 0 saturated carbocycles. The van der Waals surface area contributed by atoms with Gasteiger partial charge in [0.05, 0.1) is 28.2 Å². The topological polar surface area (TPSA) is 50.5 Å². The van der Waals surface area contributed by atoms with Crippen molar-refractivity contribution in [2.24, 2.45) is 0 Å². The number of furan rings is 1. The van der Waals surface area contributed by atoms with Crippen LogP contribution < -0.4 is 4.90 Å². The summed E-state index contributed by atoms with van der Waals surface area (Å²) in [6, 6.07) is 16.7. The number of halogens is 1. The van der Waals surface area contributed by atoms with Crippen molar-refractivity contribution in [3.63, 3.8) is 0 Å². The van der Waals surface area contributed by atoms with Gasteiger partial charge < -0.3 is 4.42 Å². The highest BCUT2D eigenvalue weighted by Gasteiger charge is 2.40. The third kappa shape index (κ3) is 4.21. The standard InChI is InChI=1S/C25H22FNO3S/c1-25(2,3)17-8-12-19(13-9-17)27-23(28)21(16-6-10-18(26)11-7-16)22(24(27)29)31-15-20-5-4-14-30-20/h4-14H,15H2,1-3H3. The summed E-state index contributed by atoms with van der Waals surface area (Å²) in [5.41, 5.74) is 2.36. The maximum Gasteiger partial charge on any atom is 0.272 e. The molecule has 4 rings (SSSR count). The van der Waals surface area contributed by atoms with E-state index in [1.54, 1.807) is 24.5 Å². The zero-order chi connectivity index (χ0) is 22.2. The molecule has 1 aromatic heterocycles. The molecule has 0 N–H and O–H groups in total. The maximum atomic E-state index is 13.5. The number of carbonyl (C=O) groups excluding carboxylic acids is 2. The van der Waals surface area contributed by atoms with E-state index in [0.717, 1.165) is 5.56 Å². The fourth-order valence-corrected chi connectivity index (χ4v) is 4.41. The molecule has 0 unspecified atom stereocenters. The molecular formula is C25H22FNO3S. The highest BCUT2D eigenvalue weighted by Crippen LogP contribution is 2.40. The molecule has 3 aromatic rings. The molecule has 6 heteroatoms. The minimum Gasteiger partial charge on any atom is -0.468 e. The largest absolute Gasteiger partial charge is 0.468 e. The van der Waals surface area contributed by atoms with E-state index in [2.05, 4.69) is 20.8 Å². The van der Waals surface area contributed by atoms with Crippen LogP contribution in [-0.2, 0) is 20.8 Å². The van der Waals surface area contributed by atoms with Crippen molar-refractivity contribution in [1.82, 2.24) is 0 Å². The van der Waals surface area contributed by atoms with Crippen LogP contribution in [0.3, 0.4) is 0 Å². The van der Waals surface area contributed by atoms with E-state index in [4.69, 9.17) is 4.42 Å². The molecule has 0 radical (unpaired) electrons. The number of benzene rings is 2. The smallest absolute Gasteiger partial charge is 0.272 e. The molecule has 0 spiro atoms. The van der Waals surface area contributed by atoms with Crippen LogP contribution in [0.2, 0.25) is 0 Å². The van der Waals surface area contributed by atoms with Crippen LogP contribution in [0.1, 0.15) is 37.7 Å². The SMILES string of the molecule is CC(C)(C)c1ccc(N2C(=O)C(SCc3ccco3)=C(c3ccc(F)cc3)C2=O)cc1. The summed E-state index contributed by atoms with van der Waals surface area (Å²) in [5.74, 6) is -0.0979. The average Bonchev–Trinajstić information content (AvgIpc) is 3.33. The van der Waals surface area contributed by atoms with Gasteiger partial charge in [-0.25, -0.2) is 9.29 Å². The number of hydrogen-bond acceptors (Lipinski definition) is 4. The summed E-state index contributed by atoms with van der Waals surface area (Å²) in [4.78, 5) is 28.2. The molecule has 1 aliphatic heterocycles. The van der Waals surface area contributed by atoms with Gasteiger partial charge in [0, 0.05) is 0 Å². The Balaban J connectivity index is 1.71. The van der Waals surface area contributed by atoms with Crippen LogP contribution >= 0.6 is 11.8 Å². The van der Waals surface area contributed by atoms with Crippen LogP contribution in [0.25, 0.3) is 5.57 Å². The van der Waals surface area contributed by atoms with Gasteiger partial charge in [0.25, 0.3) is 11.8 Å². The fourth-order valence-electron chi connectivity index (χ4n) is 3.40. The minimum atomic E-state index is -0.415. The van der Waals surface area contributed by atoms with Crippen LogP contribution in [0.5, 0.6) is 0 Å². The summed E-state index contributed by atoms with van der Waals surface area (Å²) < 4.78 is 18.8. The summed E-state index contributed by atoms with van der Waals surface area (Å²) in [6.45, 7) is 6.31. The van der Waals surface area contributed by atoms with E-state index in [1.165, 1.54) is 40.9 Å². The molecule has 4 nitrogen and oxygen atoms in total. The average molecular weight is 436 g/mol. The Morgan fingerprint density at radius 1 is 0.935 bits per heavy atom. The first kappa shape index (κ1) is 21.1. The van der Waals surface area contributed by atoms with Gasteiger partial charge in [-0.2, -0.15) is 0 Å². The Kier molecular flexibility index (Phi) is 5.58. The molecule has 158 valence electrons. The van der Waals surface area contributed by atoms with Gasteiger partial charge in [-0.1, -0.05) is 45.0 Å². The van der Waals surface area contributed by atoms with Crippen molar-refractivity contribution < 1.29 is 18.4 Å². The maximum absolute atomic E-state index is 13.5. The molecule has 0 saturated heterocycles. The van der Waals surface area contributed by atoms with Gasteiger partial charge in [-0.05, 0) is 52.9 Å². The Bertz CT molecular complexity index is 1140. The molecule has 2 aromatic carbocycles. The molecule has 0 fully saturated rings. The zero-order valence-corrected chi connectivity index (χ0v) is 18.3. The van der Waals surface area contributed by atoms with Crippen LogP contribution in [0.15, 0.2) is 76.2 Å². The monoisotopic (exact) mass is 435 g/mol. The Morgan fingerprint density at radius 3 is 2.19 bits per heavy atom. The highest BCUT2D eigenvalue weighted by atomic mass is 32.2. The van der Waals surface area contributed by atoms with Gasteiger partial charge in [-0.3, -0.25) is 9.59 Å². The Labute approximate surface area is 184 Å². The number of thioether (sulfide) groups is 1. The summed E-state index contributed by atoms with van der Waals surface area (Å²) in [5, 5.41) is 0. The molecule has 0 atom stereocenters. The lowest BCUT2D eigenvalue weighted by atomic mass is 9.87. The van der Waals surface area contributed by atoms with Gasteiger partial charge in [0.1, 0.15) is 11.6 Å². The van der Waals surface area contributed by atoms with Crippen LogP contribution in [-0.4, -0.2) is 11.8 Å². The third-order valence-corrected chi connectivity index (χ3v) is 6.20. The van der Waals surface area contributed by atoms with E-state index >= 15 is 0 Å². The van der Waals surface area contributed by atoms with Crippen molar-refractivity contribution >= 4 is 34.8 Å². The first-order valence-corrected chi connectivity index (χ1v) is 10.9. The number of anilines is 1. The Morgan fingerprint density at radius 2 is 1.61 bits per heavy atom. The van der Waals surface area contributed by atoms with E-state index in [9.17, 15) is 14.0 Å². The van der Waals surface area contributed by atoms with Crippen molar-refractivity contribution in [2.45, 2.75) is 31.9 Å². The van der Waals surface area contributed by atoms with E-state index < -0.39 is 11.7 Å². The van der Waals surface area contributed by atoms with Gasteiger partial charge in [-0.15, -0.1) is 11.8 Å². The van der Waals surface area contributed by atoms with Crippen molar-refractivity contribution in [2.75, 3.05) is 4.90 Å². The second kappa shape index (κ2) is 8.19. The number of amides is 2. The second-order valence-electron chi connectivity index (χ2n) is 8.32. The molecule has 2 amide bonds. The lowest BCUT2D eigenvalue weighted by molar-refractivity contribution is -0.119. The van der Waals surface area contributed by atoms with E-state index in [0.29, 0.717) is 27.7 Å². The van der Waals surface area contributed by atoms with Crippen molar-refractivity contribution in [3.05, 3.63) is 94.5 Å². The van der Waals surface area contributed by atoms with Crippen LogP contribution in [0, 0.1) is 5.82 Å².